The molecule has 2 aromatic carbocycles. The van der Waals surface area contributed by atoms with E-state index in [-0.39, 0.29) is 24.8 Å². The van der Waals surface area contributed by atoms with E-state index >= 15 is 0 Å². The average Bonchev–Trinajstić information content (AvgIpc) is 3.15. The van der Waals surface area contributed by atoms with E-state index in [1.54, 1.807) is 23.1 Å². The van der Waals surface area contributed by atoms with Crippen molar-refractivity contribution in [1.29, 1.82) is 0 Å². The quantitative estimate of drug-likeness (QED) is 0.712. The first-order valence-corrected chi connectivity index (χ1v) is 9.28. The highest BCUT2D eigenvalue weighted by molar-refractivity contribution is 5.78. The van der Waals surface area contributed by atoms with Gasteiger partial charge in [-0.05, 0) is 36.2 Å². The Bertz CT molecular complexity index is 1080. The molecule has 0 saturated carbocycles. The summed E-state index contributed by atoms with van der Waals surface area (Å²) in [4.78, 5) is 34.0. The smallest absolute Gasteiger partial charge is 0.258 e. The topological polar surface area (TPSA) is 84.5 Å². The van der Waals surface area contributed by atoms with Crippen molar-refractivity contribution in [2.45, 2.75) is 32.9 Å². The van der Waals surface area contributed by atoms with Gasteiger partial charge in [0, 0.05) is 13.0 Å². The van der Waals surface area contributed by atoms with Crippen molar-refractivity contribution in [2.75, 3.05) is 6.79 Å². The van der Waals surface area contributed by atoms with Crippen LogP contribution in [0.3, 0.4) is 0 Å². The van der Waals surface area contributed by atoms with Crippen LogP contribution in [0.15, 0.2) is 47.3 Å². The first-order chi connectivity index (χ1) is 13.6. The summed E-state index contributed by atoms with van der Waals surface area (Å²) in [5.74, 6) is 1.86. The maximum absolute atomic E-state index is 12.7. The predicted octanol–water partition coefficient (Wildman–Crippen LogP) is 2.98. The fraction of sp³-hybridized carbons (Fsp3) is 0.286. The molecule has 0 unspecified atom stereocenters. The molecule has 0 saturated heterocycles. The number of fused-ring (bicyclic) bond motifs is 2. The number of carbonyl (C=O) groups is 1. The van der Waals surface area contributed by atoms with Crippen LogP contribution in [0.2, 0.25) is 0 Å². The normalized spacial score (nSPS) is 12.3. The molecule has 0 spiro atoms. The first-order valence-electron chi connectivity index (χ1n) is 9.28. The number of carbonyl (C=O) groups excluding carboxylic acids is 1. The van der Waals surface area contributed by atoms with Crippen LogP contribution in [0.4, 0.5) is 0 Å². The molecular weight excluding hydrogens is 358 g/mol. The third-order valence-electron chi connectivity index (χ3n) is 4.63. The second-order valence-corrected chi connectivity index (χ2v) is 6.72. The van der Waals surface area contributed by atoms with E-state index in [0.717, 1.165) is 12.0 Å². The molecule has 28 heavy (non-hydrogen) atoms. The summed E-state index contributed by atoms with van der Waals surface area (Å²) in [6.07, 6.45) is 1.18. The standard InChI is InChI=1S/C21H21N3O4/c1-2-5-20(25)24(11-14-8-9-17-18(10-14)28-13-27-17)12-19-22-16-7-4-3-6-15(16)21(26)23-19/h3-4,6-10H,2,5,11-13H2,1H3,(H,22,23,26). The summed E-state index contributed by atoms with van der Waals surface area (Å²) in [6, 6.07) is 12.8. The van der Waals surface area contributed by atoms with Crippen molar-refractivity contribution in [3.8, 4) is 11.5 Å². The summed E-state index contributed by atoms with van der Waals surface area (Å²) < 4.78 is 10.8. The van der Waals surface area contributed by atoms with Gasteiger partial charge < -0.3 is 19.4 Å². The maximum Gasteiger partial charge on any atom is 0.258 e. The van der Waals surface area contributed by atoms with Crippen LogP contribution in [0, 0.1) is 0 Å². The molecule has 3 aromatic rings. The molecule has 0 aliphatic carbocycles. The second-order valence-electron chi connectivity index (χ2n) is 6.72. The summed E-state index contributed by atoms with van der Waals surface area (Å²) >= 11 is 0. The van der Waals surface area contributed by atoms with Crippen LogP contribution in [0.1, 0.15) is 31.2 Å². The van der Waals surface area contributed by atoms with Crippen LogP contribution in [0.5, 0.6) is 11.5 Å². The number of nitrogens with zero attached hydrogens (tertiary/aromatic N) is 2. The number of hydrogen-bond donors (Lipinski definition) is 1. The number of H-pyrrole nitrogens is 1. The Kier molecular flexibility index (Phi) is 4.97. The van der Waals surface area contributed by atoms with Crippen molar-refractivity contribution < 1.29 is 14.3 Å². The lowest BCUT2D eigenvalue weighted by molar-refractivity contribution is -0.132. The van der Waals surface area contributed by atoms with Gasteiger partial charge in [-0.3, -0.25) is 9.59 Å². The highest BCUT2D eigenvalue weighted by Crippen LogP contribution is 2.33. The van der Waals surface area contributed by atoms with Gasteiger partial charge in [-0.25, -0.2) is 4.98 Å². The highest BCUT2D eigenvalue weighted by Gasteiger charge is 2.18. The van der Waals surface area contributed by atoms with Gasteiger partial charge in [0.25, 0.3) is 5.56 Å². The van der Waals surface area contributed by atoms with Crippen LogP contribution in [0.25, 0.3) is 10.9 Å². The zero-order chi connectivity index (χ0) is 19.5. The molecule has 0 bridgehead atoms. The van der Waals surface area contributed by atoms with Crippen molar-refractivity contribution in [3.63, 3.8) is 0 Å². The Labute approximate surface area is 161 Å². The van der Waals surface area contributed by atoms with Crippen molar-refractivity contribution in [2.24, 2.45) is 0 Å². The first kappa shape index (κ1) is 18.0. The molecular formula is C21H21N3O4. The maximum atomic E-state index is 12.7. The van der Waals surface area contributed by atoms with Crippen LogP contribution in [-0.4, -0.2) is 27.6 Å². The number of ether oxygens (including phenoxy) is 2. The van der Waals surface area contributed by atoms with Gasteiger partial charge >= 0.3 is 0 Å². The highest BCUT2D eigenvalue weighted by atomic mass is 16.7. The van der Waals surface area contributed by atoms with Gasteiger partial charge in [-0.2, -0.15) is 0 Å². The SMILES string of the molecule is CCCC(=O)N(Cc1ccc2c(c1)OCO2)Cc1nc2ccccc2c(=O)[nH]1. The molecule has 4 rings (SSSR count). The molecule has 1 aromatic heterocycles. The molecule has 1 N–H and O–H groups in total. The van der Waals surface area contributed by atoms with Gasteiger partial charge in [0.2, 0.25) is 12.7 Å². The summed E-state index contributed by atoms with van der Waals surface area (Å²) in [5, 5.41) is 0.536. The molecule has 7 heteroatoms. The van der Waals surface area contributed by atoms with E-state index < -0.39 is 0 Å². The zero-order valence-electron chi connectivity index (χ0n) is 15.6. The number of benzene rings is 2. The number of rotatable bonds is 6. The Balaban J connectivity index is 1.61. The lowest BCUT2D eigenvalue weighted by atomic mass is 10.1. The minimum atomic E-state index is -0.202. The Morgan fingerprint density at radius 1 is 1.14 bits per heavy atom. The van der Waals surface area contributed by atoms with Gasteiger partial charge in [0.15, 0.2) is 11.5 Å². The molecule has 0 atom stereocenters. The minimum Gasteiger partial charge on any atom is -0.454 e. The van der Waals surface area contributed by atoms with E-state index in [9.17, 15) is 9.59 Å². The molecule has 144 valence electrons. The third kappa shape index (κ3) is 3.69. The van der Waals surface area contributed by atoms with Crippen molar-refractivity contribution in [1.82, 2.24) is 14.9 Å². The monoisotopic (exact) mass is 379 g/mol. The summed E-state index contributed by atoms with van der Waals surface area (Å²) in [7, 11) is 0. The van der Waals surface area contributed by atoms with Gasteiger partial charge in [0.05, 0.1) is 17.4 Å². The van der Waals surface area contributed by atoms with Gasteiger partial charge in [-0.1, -0.05) is 25.1 Å². The summed E-state index contributed by atoms with van der Waals surface area (Å²) in [5.41, 5.74) is 1.34. The Morgan fingerprint density at radius 3 is 2.82 bits per heavy atom. The lowest BCUT2D eigenvalue weighted by Crippen LogP contribution is -2.31. The number of amides is 1. The molecule has 0 fully saturated rings. The van der Waals surface area contributed by atoms with E-state index in [1.165, 1.54) is 0 Å². The number of aromatic nitrogens is 2. The Hall–Kier alpha value is -3.35. The van der Waals surface area contributed by atoms with Crippen molar-refractivity contribution >= 4 is 16.8 Å². The van der Waals surface area contributed by atoms with Gasteiger partial charge in [0.1, 0.15) is 5.82 Å². The molecule has 0 radical (unpaired) electrons. The van der Waals surface area contributed by atoms with Crippen molar-refractivity contribution in [3.05, 3.63) is 64.2 Å². The molecule has 2 heterocycles. The van der Waals surface area contributed by atoms with E-state index in [4.69, 9.17) is 9.47 Å². The number of hydrogen-bond acceptors (Lipinski definition) is 5. The van der Waals surface area contributed by atoms with Crippen LogP contribution < -0.4 is 15.0 Å². The number of para-hydroxylation sites is 1. The van der Waals surface area contributed by atoms with E-state index in [0.29, 0.717) is 41.2 Å². The zero-order valence-corrected chi connectivity index (χ0v) is 15.6. The lowest BCUT2D eigenvalue weighted by Gasteiger charge is -2.22. The molecule has 1 aliphatic heterocycles. The van der Waals surface area contributed by atoms with Crippen LogP contribution >= 0.6 is 0 Å². The number of aromatic amines is 1. The summed E-state index contributed by atoms with van der Waals surface area (Å²) in [6.45, 7) is 2.80. The fourth-order valence-electron chi connectivity index (χ4n) is 3.25. The second kappa shape index (κ2) is 7.72. The average molecular weight is 379 g/mol. The Morgan fingerprint density at radius 2 is 1.96 bits per heavy atom. The minimum absolute atomic E-state index is 0.0102. The molecule has 7 nitrogen and oxygen atoms in total. The number of nitrogens with one attached hydrogen (secondary N) is 1. The van der Waals surface area contributed by atoms with Crippen LogP contribution in [-0.2, 0) is 17.9 Å². The third-order valence-corrected chi connectivity index (χ3v) is 4.63. The largest absolute Gasteiger partial charge is 0.454 e. The predicted molar refractivity (Wildman–Crippen MR) is 104 cm³/mol. The molecule has 1 aliphatic rings. The van der Waals surface area contributed by atoms with Gasteiger partial charge in [-0.15, -0.1) is 0 Å². The van der Waals surface area contributed by atoms with E-state index in [1.807, 2.05) is 31.2 Å². The molecule has 1 amide bonds. The fourth-order valence-corrected chi connectivity index (χ4v) is 3.25. The van der Waals surface area contributed by atoms with E-state index in [2.05, 4.69) is 9.97 Å².